The average molecular weight is 285 g/mol. The molecule has 0 radical (unpaired) electrons. The molecule has 0 aromatic rings. The number of carboxylic acid groups (broad SMARTS) is 1. The normalized spacial score (nSPS) is 20.2. The van der Waals surface area contributed by atoms with Gasteiger partial charge >= 0.3 is 12.0 Å². The molecule has 20 heavy (non-hydrogen) atoms. The minimum absolute atomic E-state index is 0.0120. The number of urea groups is 1. The fraction of sp³-hybridized carbons (Fsp3) is 0.769. The third-order valence-electron chi connectivity index (χ3n) is 3.32. The van der Waals surface area contributed by atoms with Crippen molar-refractivity contribution in [1.82, 2.24) is 15.5 Å². The Balaban J connectivity index is 2.62. The predicted octanol–water partition coefficient (Wildman–Crippen LogP) is 0.550. The fourth-order valence-corrected chi connectivity index (χ4v) is 2.20. The van der Waals surface area contributed by atoms with Gasteiger partial charge in [0, 0.05) is 19.1 Å². The highest BCUT2D eigenvalue weighted by Crippen LogP contribution is 2.10. The maximum Gasteiger partial charge on any atom is 0.318 e. The van der Waals surface area contributed by atoms with Crippen molar-refractivity contribution in [2.75, 3.05) is 13.1 Å². The number of carbonyl (C=O) groups is 3. The molecule has 1 saturated heterocycles. The second kappa shape index (κ2) is 7.72. The van der Waals surface area contributed by atoms with E-state index in [9.17, 15) is 14.4 Å². The van der Waals surface area contributed by atoms with Gasteiger partial charge in [-0.05, 0) is 13.3 Å². The Bertz CT molecular complexity index is 373. The van der Waals surface area contributed by atoms with Gasteiger partial charge in [-0.2, -0.15) is 0 Å². The summed E-state index contributed by atoms with van der Waals surface area (Å²) >= 11 is 0. The van der Waals surface area contributed by atoms with E-state index in [-0.39, 0.29) is 18.5 Å². The van der Waals surface area contributed by atoms with Gasteiger partial charge in [0.1, 0.15) is 6.04 Å². The van der Waals surface area contributed by atoms with Gasteiger partial charge in [-0.15, -0.1) is 0 Å². The van der Waals surface area contributed by atoms with Crippen LogP contribution in [-0.4, -0.2) is 53.1 Å². The molecule has 7 nitrogen and oxygen atoms in total. The maximum atomic E-state index is 12.2. The van der Waals surface area contributed by atoms with E-state index < -0.39 is 17.9 Å². The van der Waals surface area contributed by atoms with Crippen LogP contribution >= 0.6 is 0 Å². The van der Waals surface area contributed by atoms with Crippen molar-refractivity contribution < 1.29 is 19.5 Å². The predicted molar refractivity (Wildman–Crippen MR) is 73.3 cm³/mol. The van der Waals surface area contributed by atoms with E-state index in [0.717, 1.165) is 19.3 Å². The van der Waals surface area contributed by atoms with Crippen molar-refractivity contribution in [2.45, 2.75) is 51.6 Å². The Labute approximate surface area is 118 Å². The van der Waals surface area contributed by atoms with Crippen LogP contribution in [0.25, 0.3) is 0 Å². The molecule has 0 saturated carbocycles. The van der Waals surface area contributed by atoms with Crippen molar-refractivity contribution in [3.05, 3.63) is 0 Å². The van der Waals surface area contributed by atoms with E-state index >= 15 is 0 Å². The van der Waals surface area contributed by atoms with Crippen LogP contribution in [0.15, 0.2) is 0 Å². The van der Waals surface area contributed by atoms with Gasteiger partial charge in [-0.25, -0.2) is 4.79 Å². The summed E-state index contributed by atoms with van der Waals surface area (Å²) < 4.78 is 0. The molecule has 1 aliphatic heterocycles. The molecule has 0 aromatic carbocycles. The molecule has 1 heterocycles. The zero-order chi connectivity index (χ0) is 15.1. The van der Waals surface area contributed by atoms with Crippen LogP contribution in [0, 0.1) is 0 Å². The Morgan fingerprint density at radius 1 is 1.55 bits per heavy atom. The van der Waals surface area contributed by atoms with Gasteiger partial charge in [-0.1, -0.05) is 19.8 Å². The van der Waals surface area contributed by atoms with E-state index in [1.54, 1.807) is 0 Å². The molecule has 0 spiro atoms. The zero-order valence-corrected chi connectivity index (χ0v) is 12.0. The highest BCUT2D eigenvalue weighted by Gasteiger charge is 2.34. The van der Waals surface area contributed by atoms with Crippen LogP contribution in [0.1, 0.15) is 39.5 Å². The van der Waals surface area contributed by atoms with Crippen LogP contribution in [0.5, 0.6) is 0 Å². The molecule has 2 unspecified atom stereocenters. The van der Waals surface area contributed by atoms with Gasteiger partial charge in [0.2, 0.25) is 5.91 Å². The largest absolute Gasteiger partial charge is 0.481 e. The lowest BCUT2D eigenvalue weighted by Crippen LogP contribution is -2.60. The first-order chi connectivity index (χ1) is 9.45. The summed E-state index contributed by atoms with van der Waals surface area (Å²) in [6, 6.07) is -1.28. The zero-order valence-electron chi connectivity index (χ0n) is 12.0. The lowest BCUT2D eigenvalue weighted by Gasteiger charge is -2.35. The number of aliphatic carboxylic acids is 1. The van der Waals surface area contributed by atoms with Gasteiger partial charge in [0.15, 0.2) is 0 Å². The molecule has 7 heteroatoms. The van der Waals surface area contributed by atoms with Crippen molar-refractivity contribution in [3.8, 4) is 0 Å². The van der Waals surface area contributed by atoms with Crippen LogP contribution in [-0.2, 0) is 9.59 Å². The molecule has 0 bridgehead atoms. The number of carboxylic acids is 1. The van der Waals surface area contributed by atoms with Gasteiger partial charge in [0.25, 0.3) is 0 Å². The Morgan fingerprint density at radius 2 is 2.25 bits per heavy atom. The summed E-state index contributed by atoms with van der Waals surface area (Å²) in [5.41, 5.74) is 0. The van der Waals surface area contributed by atoms with Gasteiger partial charge in [-0.3, -0.25) is 9.59 Å². The van der Waals surface area contributed by atoms with Gasteiger partial charge in [0.05, 0.1) is 6.42 Å². The van der Waals surface area contributed by atoms with Gasteiger partial charge < -0.3 is 20.6 Å². The minimum atomic E-state index is -1.09. The summed E-state index contributed by atoms with van der Waals surface area (Å²) in [6.07, 6.45) is 2.56. The second-order valence-corrected chi connectivity index (χ2v) is 5.09. The smallest absolute Gasteiger partial charge is 0.318 e. The number of nitrogens with one attached hydrogen (secondary N) is 2. The van der Waals surface area contributed by atoms with E-state index in [4.69, 9.17) is 5.11 Å². The first kappa shape index (κ1) is 16.3. The van der Waals surface area contributed by atoms with Crippen LogP contribution in [0.2, 0.25) is 0 Å². The average Bonchev–Trinajstić information content (AvgIpc) is 2.38. The fourth-order valence-electron chi connectivity index (χ4n) is 2.20. The quantitative estimate of drug-likeness (QED) is 0.663. The Kier molecular flexibility index (Phi) is 6.27. The monoisotopic (exact) mass is 285 g/mol. The van der Waals surface area contributed by atoms with Crippen molar-refractivity contribution >= 4 is 17.9 Å². The first-order valence-corrected chi connectivity index (χ1v) is 7.02. The van der Waals surface area contributed by atoms with Crippen LogP contribution < -0.4 is 10.6 Å². The lowest BCUT2D eigenvalue weighted by molar-refractivity contribution is -0.142. The maximum absolute atomic E-state index is 12.2. The molecule has 3 N–H and O–H groups in total. The summed E-state index contributed by atoms with van der Waals surface area (Å²) in [7, 11) is 0. The highest BCUT2D eigenvalue weighted by molar-refractivity contribution is 5.91. The minimum Gasteiger partial charge on any atom is -0.481 e. The molecule has 1 rings (SSSR count). The van der Waals surface area contributed by atoms with Crippen LogP contribution in [0.3, 0.4) is 0 Å². The number of hydrogen-bond donors (Lipinski definition) is 3. The van der Waals surface area contributed by atoms with Crippen molar-refractivity contribution in [3.63, 3.8) is 0 Å². The number of rotatable bonds is 6. The molecular formula is C13H23N3O4. The molecule has 3 amide bonds. The number of carbonyl (C=O) groups excluding carboxylic acids is 2. The first-order valence-electron chi connectivity index (χ1n) is 7.02. The SMILES string of the molecule is CCCCC(C)NC(=O)N1CCNC(=O)C1CC(=O)O. The second-order valence-electron chi connectivity index (χ2n) is 5.09. The third-order valence-corrected chi connectivity index (χ3v) is 3.32. The molecule has 1 fully saturated rings. The topological polar surface area (TPSA) is 98.7 Å². The summed E-state index contributed by atoms with van der Waals surface area (Å²) in [5, 5.41) is 14.3. The molecule has 2 atom stereocenters. The van der Waals surface area contributed by atoms with E-state index in [1.807, 2.05) is 6.92 Å². The molecule has 114 valence electrons. The van der Waals surface area contributed by atoms with E-state index in [1.165, 1.54) is 4.90 Å². The summed E-state index contributed by atoms with van der Waals surface area (Å²) in [5.74, 6) is -1.50. The number of piperazine rings is 1. The highest BCUT2D eigenvalue weighted by atomic mass is 16.4. The lowest BCUT2D eigenvalue weighted by atomic mass is 10.1. The Hall–Kier alpha value is -1.79. The van der Waals surface area contributed by atoms with E-state index in [2.05, 4.69) is 17.6 Å². The summed E-state index contributed by atoms with van der Waals surface area (Å²) in [6.45, 7) is 4.66. The molecule has 0 aliphatic carbocycles. The molecule has 1 aliphatic rings. The van der Waals surface area contributed by atoms with Crippen molar-refractivity contribution in [1.29, 1.82) is 0 Å². The molecular weight excluding hydrogens is 262 g/mol. The number of unbranched alkanes of at least 4 members (excludes halogenated alkanes) is 1. The Morgan fingerprint density at radius 3 is 2.85 bits per heavy atom. The number of nitrogens with zero attached hydrogens (tertiary/aromatic N) is 1. The number of hydrogen-bond acceptors (Lipinski definition) is 3. The third kappa shape index (κ3) is 4.71. The standard InChI is InChI=1S/C13H23N3O4/c1-3-4-5-9(2)15-13(20)16-7-6-14-12(19)10(16)8-11(17)18/h9-10H,3-8H2,1-2H3,(H,14,19)(H,15,20)(H,17,18). The van der Waals surface area contributed by atoms with Crippen molar-refractivity contribution in [2.24, 2.45) is 0 Å². The number of amides is 3. The van der Waals surface area contributed by atoms with Crippen LogP contribution in [0.4, 0.5) is 4.79 Å². The summed E-state index contributed by atoms with van der Waals surface area (Å²) in [4.78, 5) is 36.0. The van der Waals surface area contributed by atoms with E-state index in [0.29, 0.717) is 13.1 Å². The molecule has 0 aromatic heterocycles.